The molecule has 0 aromatic heterocycles. The van der Waals surface area contributed by atoms with E-state index in [1.54, 1.807) is 6.92 Å². The van der Waals surface area contributed by atoms with E-state index >= 15 is 0 Å². The molecule has 1 fully saturated rings. The first kappa shape index (κ1) is 16.4. The van der Waals surface area contributed by atoms with Crippen molar-refractivity contribution < 1.29 is 9.53 Å². The molecule has 0 saturated carbocycles. The highest BCUT2D eigenvalue weighted by molar-refractivity contribution is 6.02. The number of benzene rings is 2. The Balaban J connectivity index is 1.93. The standard InChI is InChI=1S/C20H22N2O2/c1-2-24-20(23)18-16(21)13-17(14-9-5-3-6-10-14)22-19(18)15-11-7-4-8-12-15/h3-12,17-19,21-22H,2,13H2,1H3. The second-order valence-corrected chi connectivity index (χ2v) is 5.98. The maximum Gasteiger partial charge on any atom is 0.316 e. The molecule has 24 heavy (non-hydrogen) atoms. The van der Waals surface area contributed by atoms with Gasteiger partial charge in [0.05, 0.1) is 12.6 Å². The summed E-state index contributed by atoms with van der Waals surface area (Å²) in [5, 5.41) is 12.0. The smallest absolute Gasteiger partial charge is 0.316 e. The molecule has 0 spiro atoms. The average Bonchev–Trinajstić information content (AvgIpc) is 2.62. The van der Waals surface area contributed by atoms with Crippen LogP contribution in [0.4, 0.5) is 0 Å². The molecular weight excluding hydrogens is 300 g/mol. The molecule has 0 aliphatic carbocycles. The highest BCUT2D eigenvalue weighted by Crippen LogP contribution is 2.35. The molecule has 2 aromatic carbocycles. The zero-order valence-electron chi connectivity index (χ0n) is 13.7. The number of carbonyl (C=O) groups excluding carboxylic acids is 1. The molecule has 0 bridgehead atoms. The number of rotatable bonds is 4. The molecule has 2 aromatic rings. The van der Waals surface area contributed by atoms with Crippen LogP contribution in [0.1, 0.15) is 36.6 Å². The van der Waals surface area contributed by atoms with Gasteiger partial charge in [-0.2, -0.15) is 0 Å². The van der Waals surface area contributed by atoms with Crippen molar-refractivity contribution in [1.82, 2.24) is 5.32 Å². The Bertz CT molecular complexity index is 700. The molecule has 1 saturated heterocycles. The first-order valence-corrected chi connectivity index (χ1v) is 8.30. The van der Waals surface area contributed by atoms with Gasteiger partial charge in [0, 0.05) is 18.2 Å². The molecule has 1 heterocycles. The van der Waals surface area contributed by atoms with E-state index in [9.17, 15) is 4.79 Å². The summed E-state index contributed by atoms with van der Waals surface area (Å²) in [6.45, 7) is 2.12. The van der Waals surface area contributed by atoms with Crippen LogP contribution in [0.5, 0.6) is 0 Å². The van der Waals surface area contributed by atoms with Gasteiger partial charge >= 0.3 is 5.97 Å². The molecule has 0 radical (unpaired) electrons. The molecule has 2 N–H and O–H groups in total. The lowest BCUT2D eigenvalue weighted by molar-refractivity contribution is -0.146. The number of ether oxygens (including phenoxy) is 1. The summed E-state index contributed by atoms with van der Waals surface area (Å²) in [7, 11) is 0. The lowest BCUT2D eigenvalue weighted by Crippen LogP contribution is -2.46. The maximum absolute atomic E-state index is 12.4. The average molecular weight is 322 g/mol. The lowest BCUT2D eigenvalue weighted by atomic mass is 9.80. The number of nitrogens with one attached hydrogen (secondary N) is 2. The van der Waals surface area contributed by atoms with Crippen LogP contribution in [0, 0.1) is 11.3 Å². The van der Waals surface area contributed by atoms with Crippen LogP contribution in [0.25, 0.3) is 0 Å². The predicted octanol–water partition coefficient (Wildman–Crippen LogP) is 3.66. The summed E-state index contributed by atoms with van der Waals surface area (Å²) in [6.07, 6.45) is 0.511. The van der Waals surface area contributed by atoms with Crippen molar-refractivity contribution in [3.63, 3.8) is 0 Å². The largest absolute Gasteiger partial charge is 0.465 e. The minimum absolute atomic E-state index is 0.0228. The van der Waals surface area contributed by atoms with Crippen LogP contribution in [-0.2, 0) is 9.53 Å². The van der Waals surface area contributed by atoms with Crippen LogP contribution in [-0.4, -0.2) is 18.3 Å². The molecule has 3 rings (SSSR count). The number of hydrogen-bond acceptors (Lipinski definition) is 4. The monoisotopic (exact) mass is 322 g/mol. The second kappa shape index (κ2) is 7.41. The van der Waals surface area contributed by atoms with Crippen molar-refractivity contribution in [3.05, 3.63) is 71.8 Å². The zero-order valence-corrected chi connectivity index (χ0v) is 13.7. The molecule has 4 nitrogen and oxygen atoms in total. The fourth-order valence-corrected chi connectivity index (χ4v) is 3.28. The summed E-state index contributed by atoms with van der Waals surface area (Å²) in [4.78, 5) is 12.4. The number of esters is 1. The normalized spacial score (nSPS) is 23.7. The van der Waals surface area contributed by atoms with Crippen molar-refractivity contribution in [2.75, 3.05) is 6.61 Å². The fourth-order valence-electron chi connectivity index (χ4n) is 3.28. The van der Waals surface area contributed by atoms with E-state index in [1.165, 1.54) is 0 Å². The van der Waals surface area contributed by atoms with E-state index in [-0.39, 0.29) is 18.1 Å². The Kier molecular flexibility index (Phi) is 5.06. The van der Waals surface area contributed by atoms with Gasteiger partial charge in [-0.1, -0.05) is 60.7 Å². The topological polar surface area (TPSA) is 62.2 Å². The minimum atomic E-state index is -0.577. The predicted molar refractivity (Wildman–Crippen MR) is 94.0 cm³/mol. The van der Waals surface area contributed by atoms with Crippen molar-refractivity contribution in [2.24, 2.45) is 5.92 Å². The Morgan fingerprint density at radius 1 is 1.08 bits per heavy atom. The summed E-state index contributed by atoms with van der Waals surface area (Å²) >= 11 is 0. The van der Waals surface area contributed by atoms with Crippen LogP contribution >= 0.6 is 0 Å². The van der Waals surface area contributed by atoms with Crippen LogP contribution < -0.4 is 5.32 Å². The van der Waals surface area contributed by atoms with Crippen molar-refractivity contribution in [2.45, 2.75) is 25.4 Å². The molecule has 1 aliphatic rings. The Hall–Kier alpha value is -2.46. The summed E-state index contributed by atoms with van der Waals surface area (Å²) in [5.41, 5.74) is 2.56. The number of carbonyl (C=O) groups is 1. The highest BCUT2D eigenvalue weighted by atomic mass is 16.5. The van der Waals surface area contributed by atoms with E-state index in [1.807, 2.05) is 48.5 Å². The first-order valence-electron chi connectivity index (χ1n) is 8.30. The number of hydrogen-bond donors (Lipinski definition) is 2. The Morgan fingerprint density at radius 3 is 2.25 bits per heavy atom. The Labute approximate surface area is 142 Å². The third kappa shape index (κ3) is 3.39. The quantitative estimate of drug-likeness (QED) is 0.844. The lowest BCUT2D eigenvalue weighted by Gasteiger charge is -2.37. The summed E-state index contributed by atoms with van der Waals surface area (Å²) in [6, 6.07) is 19.7. The number of piperidine rings is 1. The summed E-state index contributed by atoms with van der Waals surface area (Å²) < 4.78 is 5.22. The van der Waals surface area contributed by atoms with Crippen molar-refractivity contribution >= 4 is 11.7 Å². The molecule has 3 atom stereocenters. The van der Waals surface area contributed by atoms with Gasteiger partial charge in [0.1, 0.15) is 5.92 Å². The fraction of sp³-hybridized carbons (Fsp3) is 0.300. The molecular formula is C20H22N2O2. The van der Waals surface area contributed by atoms with Gasteiger partial charge in [0.2, 0.25) is 0 Å². The molecule has 1 aliphatic heterocycles. The SMILES string of the molecule is CCOC(=O)C1C(=N)CC(c2ccccc2)NC1c1ccccc1. The summed E-state index contributed by atoms with van der Waals surface area (Å²) in [5.74, 6) is -0.900. The van der Waals surface area contributed by atoms with Gasteiger partial charge in [-0.25, -0.2) is 0 Å². The zero-order chi connectivity index (χ0) is 16.9. The van der Waals surface area contributed by atoms with E-state index in [0.29, 0.717) is 18.7 Å². The van der Waals surface area contributed by atoms with Crippen molar-refractivity contribution in [3.8, 4) is 0 Å². The van der Waals surface area contributed by atoms with Crippen LogP contribution in [0.2, 0.25) is 0 Å². The minimum Gasteiger partial charge on any atom is -0.465 e. The van der Waals surface area contributed by atoms with Gasteiger partial charge in [0.15, 0.2) is 0 Å². The van der Waals surface area contributed by atoms with Gasteiger partial charge in [-0.3, -0.25) is 4.79 Å². The molecule has 4 heteroatoms. The maximum atomic E-state index is 12.4. The van der Waals surface area contributed by atoms with Crippen LogP contribution in [0.3, 0.4) is 0 Å². The third-order valence-electron chi connectivity index (χ3n) is 4.41. The van der Waals surface area contributed by atoms with E-state index in [2.05, 4.69) is 17.4 Å². The Morgan fingerprint density at radius 2 is 1.67 bits per heavy atom. The van der Waals surface area contributed by atoms with Gasteiger partial charge in [-0.15, -0.1) is 0 Å². The molecule has 3 unspecified atom stereocenters. The molecule has 0 amide bonds. The van der Waals surface area contributed by atoms with E-state index < -0.39 is 5.92 Å². The van der Waals surface area contributed by atoms with Gasteiger partial charge < -0.3 is 15.5 Å². The highest BCUT2D eigenvalue weighted by Gasteiger charge is 2.40. The second-order valence-electron chi connectivity index (χ2n) is 5.98. The van der Waals surface area contributed by atoms with Gasteiger partial charge in [-0.05, 0) is 18.1 Å². The first-order chi connectivity index (χ1) is 11.7. The molecule has 124 valence electrons. The van der Waals surface area contributed by atoms with Crippen LogP contribution in [0.15, 0.2) is 60.7 Å². The van der Waals surface area contributed by atoms with E-state index in [4.69, 9.17) is 10.1 Å². The van der Waals surface area contributed by atoms with Crippen molar-refractivity contribution in [1.29, 1.82) is 5.41 Å². The van der Waals surface area contributed by atoms with E-state index in [0.717, 1.165) is 11.1 Å². The van der Waals surface area contributed by atoms with Gasteiger partial charge in [0.25, 0.3) is 0 Å². The third-order valence-corrected chi connectivity index (χ3v) is 4.41.